The molecule has 0 atom stereocenters. The van der Waals surface area contributed by atoms with E-state index < -0.39 is 0 Å². The average molecular weight is 288 g/mol. The van der Waals surface area contributed by atoms with Crippen LogP contribution >= 0.6 is 34.5 Å². The van der Waals surface area contributed by atoms with E-state index in [0.29, 0.717) is 17.6 Å². The molecular weight excluding hydrogens is 277 g/mol. The van der Waals surface area contributed by atoms with Crippen LogP contribution < -0.4 is 4.90 Å². The van der Waals surface area contributed by atoms with Crippen molar-refractivity contribution < 1.29 is 0 Å². The van der Waals surface area contributed by atoms with Crippen LogP contribution in [0.3, 0.4) is 0 Å². The molecule has 0 radical (unpaired) electrons. The molecule has 2 heterocycles. The Morgan fingerprint density at radius 3 is 2.82 bits per heavy atom. The minimum Gasteiger partial charge on any atom is -0.345 e. The van der Waals surface area contributed by atoms with Crippen LogP contribution in [0.5, 0.6) is 0 Å². The standard InChI is InChI=1S/C11H11Cl2N3S/c1-16(7-8-4-2-3-5-14-8)11-15-10(13)9(6-12)17-11/h2-5H,6-7H2,1H3. The third kappa shape index (κ3) is 3.09. The SMILES string of the molecule is CN(Cc1ccccn1)c1nc(Cl)c(CCl)s1. The molecule has 90 valence electrons. The van der Waals surface area contributed by atoms with Gasteiger partial charge in [0.15, 0.2) is 5.13 Å². The number of alkyl halides is 1. The number of hydrogen-bond acceptors (Lipinski definition) is 4. The fraction of sp³-hybridized carbons (Fsp3) is 0.273. The summed E-state index contributed by atoms with van der Waals surface area (Å²) in [5.74, 6) is 0.397. The molecule has 0 bridgehead atoms. The number of nitrogens with zero attached hydrogens (tertiary/aromatic N) is 3. The molecule has 0 aliphatic heterocycles. The first-order valence-electron chi connectivity index (χ1n) is 5.03. The highest BCUT2D eigenvalue weighted by atomic mass is 35.5. The van der Waals surface area contributed by atoms with Crippen molar-refractivity contribution in [2.45, 2.75) is 12.4 Å². The van der Waals surface area contributed by atoms with E-state index in [9.17, 15) is 0 Å². The summed E-state index contributed by atoms with van der Waals surface area (Å²) >= 11 is 13.2. The van der Waals surface area contributed by atoms with Gasteiger partial charge in [-0.2, -0.15) is 0 Å². The van der Waals surface area contributed by atoms with Crippen molar-refractivity contribution in [1.29, 1.82) is 0 Å². The van der Waals surface area contributed by atoms with Crippen molar-refractivity contribution >= 4 is 39.7 Å². The van der Waals surface area contributed by atoms with Crippen LogP contribution in [0.1, 0.15) is 10.6 Å². The van der Waals surface area contributed by atoms with Crippen molar-refractivity contribution in [3.8, 4) is 0 Å². The Bertz CT molecular complexity index is 487. The molecule has 0 aromatic carbocycles. The number of thiazole rings is 1. The maximum absolute atomic E-state index is 5.96. The minimum absolute atomic E-state index is 0.397. The quantitative estimate of drug-likeness (QED) is 0.805. The van der Waals surface area contributed by atoms with Crippen LogP contribution in [0.15, 0.2) is 24.4 Å². The fourth-order valence-corrected chi connectivity index (χ4v) is 2.80. The first-order valence-corrected chi connectivity index (χ1v) is 6.76. The summed E-state index contributed by atoms with van der Waals surface area (Å²) in [7, 11) is 1.96. The largest absolute Gasteiger partial charge is 0.345 e. The summed E-state index contributed by atoms with van der Waals surface area (Å²) in [6.07, 6.45) is 1.78. The molecule has 3 nitrogen and oxygen atoms in total. The van der Waals surface area contributed by atoms with Gasteiger partial charge in [-0.25, -0.2) is 4.98 Å². The van der Waals surface area contributed by atoms with Gasteiger partial charge in [0.2, 0.25) is 0 Å². The van der Waals surface area contributed by atoms with Gasteiger partial charge in [0.25, 0.3) is 0 Å². The maximum atomic E-state index is 5.96. The van der Waals surface area contributed by atoms with Gasteiger partial charge in [-0.1, -0.05) is 29.0 Å². The third-order valence-corrected chi connectivity index (χ3v) is 4.23. The Balaban J connectivity index is 2.12. The van der Waals surface area contributed by atoms with Crippen LogP contribution in [0.25, 0.3) is 0 Å². The molecule has 0 unspecified atom stereocenters. The van der Waals surface area contributed by atoms with Gasteiger partial charge < -0.3 is 4.90 Å². The number of hydrogen-bond donors (Lipinski definition) is 0. The molecule has 0 aliphatic carbocycles. The monoisotopic (exact) mass is 287 g/mol. The van der Waals surface area contributed by atoms with E-state index in [1.807, 2.05) is 30.1 Å². The van der Waals surface area contributed by atoms with E-state index in [4.69, 9.17) is 23.2 Å². The van der Waals surface area contributed by atoms with E-state index in [0.717, 1.165) is 15.7 Å². The summed E-state index contributed by atoms with van der Waals surface area (Å²) < 4.78 is 0. The Morgan fingerprint density at radius 2 is 2.24 bits per heavy atom. The molecule has 2 aromatic rings. The molecule has 0 aliphatic rings. The smallest absolute Gasteiger partial charge is 0.187 e. The molecule has 6 heteroatoms. The lowest BCUT2D eigenvalue weighted by atomic mass is 10.3. The van der Waals surface area contributed by atoms with Gasteiger partial charge in [-0.15, -0.1) is 11.6 Å². The molecule has 0 spiro atoms. The molecule has 2 rings (SSSR count). The van der Waals surface area contributed by atoms with Gasteiger partial charge in [0.1, 0.15) is 5.15 Å². The minimum atomic E-state index is 0.397. The molecule has 0 fully saturated rings. The van der Waals surface area contributed by atoms with E-state index >= 15 is 0 Å². The topological polar surface area (TPSA) is 29.0 Å². The first-order chi connectivity index (χ1) is 8.20. The Labute approximate surface area is 114 Å². The number of rotatable bonds is 4. The zero-order chi connectivity index (χ0) is 12.3. The zero-order valence-corrected chi connectivity index (χ0v) is 11.6. The molecule has 0 N–H and O–H groups in total. The molecule has 0 amide bonds. The van der Waals surface area contributed by atoms with Gasteiger partial charge in [0, 0.05) is 13.2 Å². The van der Waals surface area contributed by atoms with Crippen molar-refractivity contribution in [1.82, 2.24) is 9.97 Å². The lowest BCUT2D eigenvalue weighted by Crippen LogP contribution is -2.16. The zero-order valence-electron chi connectivity index (χ0n) is 9.23. The summed E-state index contributed by atoms with van der Waals surface area (Å²) in [6, 6.07) is 5.85. The van der Waals surface area contributed by atoms with Crippen molar-refractivity contribution in [2.75, 3.05) is 11.9 Å². The highest BCUT2D eigenvalue weighted by molar-refractivity contribution is 7.16. The fourth-order valence-electron chi connectivity index (χ4n) is 1.37. The predicted octanol–water partition coefficient (Wildman–Crippen LogP) is 3.57. The van der Waals surface area contributed by atoms with Gasteiger partial charge in [-0.05, 0) is 12.1 Å². The number of pyridine rings is 1. The van der Waals surface area contributed by atoms with E-state index in [2.05, 4.69) is 9.97 Å². The lowest BCUT2D eigenvalue weighted by molar-refractivity contribution is 0.879. The van der Waals surface area contributed by atoms with E-state index in [-0.39, 0.29) is 0 Å². The summed E-state index contributed by atoms with van der Waals surface area (Å²) in [5, 5.41) is 1.35. The third-order valence-electron chi connectivity index (χ3n) is 2.21. The van der Waals surface area contributed by atoms with E-state index in [1.54, 1.807) is 6.20 Å². The van der Waals surface area contributed by atoms with Crippen LogP contribution in [-0.4, -0.2) is 17.0 Å². The summed E-state index contributed by atoms with van der Waals surface area (Å²) in [4.78, 5) is 11.5. The van der Waals surface area contributed by atoms with Crippen LogP contribution in [-0.2, 0) is 12.4 Å². The van der Waals surface area contributed by atoms with Crippen molar-refractivity contribution in [3.63, 3.8) is 0 Å². The number of anilines is 1. The van der Waals surface area contributed by atoms with Crippen molar-refractivity contribution in [2.24, 2.45) is 0 Å². The van der Waals surface area contributed by atoms with Crippen LogP contribution in [0, 0.1) is 0 Å². The van der Waals surface area contributed by atoms with Crippen LogP contribution in [0.4, 0.5) is 5.13 Å². The normalized spacial score (nSPS) is 10.5. The molecule has 17 heavy (non-hydrogen) atoms. The summed E-state index contributed by atoms with van der Waals surface area (Å²) in [6.45, 7) is 0.701. The second-order valence-corrected chi connectivity index (χ2v) is 5.21. The Morgan fingerprint density at radius 1 is 1.41 bits per heavy atom. The Hall–Kier alpha value is -0.840. The predicted molar refractivity (Wildman–Crippen MR) is 73.0 cm³/mol. The molecule has 0 saturated heterocycles. The Kier molecular flexibility index (Phi) is 4.20. The van der Waals surface area contributed by atoms with Gasteiger partial charge in [-0.3, -0.25) is 4.98 Å². The highest BCUT2D eigenvalue weighted by Gasteiger charge is 2.12. The lowest BCUT2D eigenvalue weighted by Gasteiger charge is -2.14. The van der Waals surface area contributed by atoms with Crippen molar-refractivity contribution in [3.05, 3.63) is 40.1 Å². The average Bonchev–Trinajstić information content (AvgIpc) is 2.72. The van der Waals surface area contributed by atoms with Gasteiger partial charge in [0.05, 0.1) is 23.0 Å². The second kappa shape index (κ2) is 5.67. The maximum Gasteiger partial charge on any atom is 0.187 e. The number of aromatic nitrogens is 2. The molecule has 0 saturated carbocycles. The first kappa shape index (κ1) is 12.6. The van der Waals surface area contributed by atoms with Crippen LogP contribution in [0.2, 0.25) is 5.15 Å². The summed E-state index contributed by atoms with van der Waals surface area (Å²) in [5.41, 5.74) is 0.994. The van der Waals surface area contributed by atoms with Gasteiger partial charge >= 0.3 is 0 Å². The number of halogens is 2. The second-order valence-electron chi connectivity index (χ2n) is 3.52. The van der Waals surface area contributed by atoms with E-state index in [1.165, 1.54) is 11.3 Å². The molecular formula is C11H11Cl2N3S. The highest BCUT2D eigenvalue weighted by Crippen LogP contribution is 2.30. The molecule has 2 aromatic heterocycles.